The van der Waals surface area contributed by atoms with Gasteiger partial charge in [0.15, 0.2) is 0 Å². The SMILES string of the molecule is CC[C@H]1OC(O)(c2cnc(OCc3ccccc3)nc2F)[C@@H](OCc2ccccc2)C1OCc1ccccc1. The molecule has 8 heteroatoms. The summed E-state index contributed by atoms with van der Waals surface area (Å²) in [5.41, 5.74) is 2.50. The van der Waals surface area contributed by atoms with E-state index in [9.17, 15) is 5.11 Å². The number of ether oxygens (including phenoxy) is 4. The molecule has 1 N–H and O–H groups in total. The fraction of sp³-hybridized carbons (Fsp3) is 0.290. The van der Waals surface area contributed by atoms with E-state index in [0.29, 0.717) is 6.42 Å². The number of aliphatic hydroxyl groups is 1. The Bertz CT molecular complexity index is 1330. The molecule has 0 aliphatic carbocycles. The van der Waals surface area contributed by atoms with Crippen molar-refractivity contribution in [3.05, 3.63) is 125 Å². The zero-order valence-corrected chi connectivity index (χ0v) is 21.7. The molecule has 39 heavy (non-hydrogen) atoms. The van der Waals surface area contributed by atoms with E-state index in [1.54, 1.807) is 0 Å². The summed E-state index contributed by atoms with van der Waals surface area (Å²) in [7, 11) is 0. The maximum atomic E-state index is 15.5. The van der Waals surface area contributed by atoms with Crippen LogP contribution in [0.2, 0.25) is 0 Å². The summed E-state index contributed by atoms with van der Waals surface area (Å²) in [6, 6.07) is 28.5. The van der Waals surface area contributed by atoms with Crippen molar-refractivity contribution in [3.63, 3.8) is 0 Å². The highest BCUT2D eigenvalue weighted by atomic mass is 19.1. The van der Waals surface area contributed by atoms with Crippen LogP contribution < -0.4 is 4.74 Å². The van der Waals surface area contributed by atoms with Gasteiger partial charge in [-0.15, -0.1) is 0 Å². The maximum Gasteiger partial charge on any atom is 0.319 e. The van der Waals surface area contributed by atoms with Crippen LogP contribution in [0, 0.1) is 5.95 Å². The van der Waals surface area contributed by atoms with Gasteiger partial charge in [-0.05, 0) is 23.1 Å². The molecule has 202 valence electrons. The topological polar surface area (TPSA) is 82.9 Å². The Labute approximate surface area is 227 Å². The van der Waals surface area contributed by atoms with Crippen LogP contribution in [0.4, 0.5) is 4.39 Å². The predicted molar refractivity (Wildman–Crippen MR) is 142 cm³/mol. The monoisotopic (exact) mass is 530 g/mol. The number of halogens is 1. The Morgan fingerprint density at radius 2 is 1.36 bits per heavy atom. The van der Waals surface area contributed by atoms with Gasteiger partial charge in [0.05, 0.1) is 24.9 Å². The average Bonchev–Trinajstić information content (AvgIpc) is 3.26. The lowest BCUT2D eigenvalue weighted by atomic mass is 9.98. The molecule has 3 aromatic carbocycles. The molecule has 0 saturated carbocycles. The predicted octanol–water partition coefficient (Wildman–Crippen LogP) is 5.32. The molecule has 1 aromatic heterocycles. The van der Waals surface area contributed by atoms with Crippen molar-refractivity contribution in [1.82, 2.24) is 9.97 Å². The molecule has 5 rings (SSSR count). The molecule has 1 aliphatic heterocycles. The van der Waals surface area contributed by atoms with Crippen LogP contribution in [0.25, 0.3) is 0 Å². The first kappa shape index (κ1) is 26.9. The van der Waals surface area contributed by atoms with E-state index in [-0.39, 0.29) is 31.4 Å². The summed E-state index contributed by atoms with van der Waals surface area (Å²) in [6.45, 7) is 2.53. The van der Waals surface area contributed by atoms with Crippen LogP contribution in [0.15, 0.2) is 97.2 Å². The molecule has 7 nitrogen and oxygen atoms in total. The second-order valence-corrected chi connectivity index (χ2v) is 9.37. The highest BCUT2D eigenvalue weighted by molar-refractivity contribution is 5.23. The number of nitrogens with zero attached hydrogens (tertiary/aromatic N) is 2. The van der Waals surface area contributed by atoms with Crippen molar-refractivity contribution in [1.29, 1.82) is 0 Å². The first-order valence-electron chi connectivity index (χ1n) is 13.0. The van der Waals surface area contributed by atoms with Gasteiger partial charge < -0.3 is 24.1 Å². The molecule has 4 atom stereocenters. The molecule has 0 radical (unpaired) electrons. The third-order valence-corrected chi connectivity index (χ3v) is 6.66. The molecule has 0 bridgehead atoms. The van der Waals surface area contributed by atoms with Crippen molar-refractivity contribution in [2.24, 2.45) is 0 Å². The number of hydrogen-bond acceptors (Lipinski definition) is 7. The smallest absolute Gasteiger partial charge is 0.319 e. The Hall–Kier alpha value is -3.69. The third kappa shape index (κ3) is 6.32. The first-order chi connectivity index (χ1) is 19.1. The van der Waals surface area contributed by atoms with Crippen molar-refractivity contribution in [2.45, 2.75) is 57.3 Å². The molecular weight excluding hydrogens is 499 g/mol. The molecule has 2 heterocycles. The third-order valence-electron chi connectivity index (χ3n) is 6.66. The van der Waals surface area contributed by atoms with Crippen LogP contribution >= 0.6 is 0 Å². The van der Waals surface area contributed by atoms with Crippen molar-refractivity contribution in [3.8, 4) is 6.01 Å². The second kappa shape index (κ2) is 12.4. The Morgan fingerprint density at radius 1 is 0.821 bits per heavy atom. The molecule has 1 fully saturated rings. The van der Waals surface area contributed by atoms with Crippen LogP contribution in [0.3, 0.4) is 0 Å². The maximum absolute atomic E-state index is 15.5. The van der Waals surface area contributed by atoms with E-state index in [4.69, 9.17) is 18.9 Å². The van der Waals surface area contributed by atoms with Crippen molar-refractivity contribution < 1.29 is 28.4 Å². The zero-order chi connectivity index (χ0) is 27.1. The summed E-state index contributed by atoms with van der Waals surface area (Å²) >= 11 is 0. The van der Waals surface area contributed by atoms with Gasteiger partial charge in [0.2, 0.25) is 11.7 Å². The lowest BCUT2D eigenvalue weighted by Gasteiger charge is -2.30. The molecule has 0 amide bonds. The zero-order valence-electron chi connectivity index (χ0n) is 21.7. The van der Waals surface area contributed by atoms with Crippen LogP contribution in [0.1, 0.15) is 35.6 Å². The minimum absolute atomic E-state index is 0.146. The van der Waals surface area contributed by atoms with E-state index in [1.165, 1.54) is 6.20 Å². The first-order valence-corrected chi connectivity index (χ1v) is 13.0. The van der Waals surface area contributed by atoms with Crippen LogP contribution in [-0.4, -0.2) is 33.4 Å². The van der Waals surface area contributed by atoms with Crippen molar-refractivity contribution in [2.75, 3.05) is 0 Å². The highest BCUT2D eigenvalue weighted by Gasteiger charge is 2.58. The van der Waals surface area contributed by atoms with E-state index < -0.39 is 30.0 Å². The Morgan fingerprint density at radius 3 is 1.90 bits per heavy atom. The van der Waals surface area contributed by atoms with Gasteiger partial charge in [-0.25, -0.2) is 4.98 Å². The largest absolute Gasteiger partial charge is 0.459 e. The van der Waals surface area contributed by atoms with Gasteiger partial charge in [-0.1, -0.05) is 97.9 Å². The number of aromatic nitrogens is 2. The lowest BCUT2D eigenvalue weighted by molar-refractivity contribution is -0.251. The fourth-order valence-corrected chi connectivity index (χ4v) is 4.62. The lowest BCUT2D eigenvalue weighted by Crippen LogP contribution is -2.44. The normalized spacial score (nSPS) is 22.6. The van der Waals surface area contributed by atoms with Gasteiger partial charge in [0.25, 0.3) is 0 Å². The molecule has 2 unspecified atom stereocenters. The average molecular weight is 531 g/mol. The van der Waals surface area contributed by atoms with Crippen LogP contribution in [-0.2, 0) is 39.8 Å². The Balaban J connectivity index is 1.40. The number of benzene rings is 3. The standard InChI is InChI=1S/C31H31FN2O5/c1-2-26-27(36-19-22-12-6-3-7-13-22)28(37-20-23-14-8-4-9-15-23)31(35,39-26)25-18-33-30(34-29(25)32)38-21-24-16-10-5-11-17-24/h3-18,26-28,35H,2,19-21H2,1H3/t26-,27?,28+,31?/m1/s1. The minimum atomic E-state index is -2.18. The van der Waals surface area contributed by atoms with Gasteiger partial charge in [-0.3, -0.25) is 0 Å². The van der Waals surface area contributed by atoms with Gasteiger partial charge in [0, 0.05) is 6.20 Å². The molecule has 1 aliphatic rings. The van der Waals surface area contributed by atoms with Gasteiger partial charge in [0.1, 0.15) is 18.8 Å². The van der Waals surface area contributed by atoms with Gasteiger partial charge in [-0.2, -0.15) is 9.37 Å². The van der Waals surface area contributed by atoms with E-state index in [0.717, 1.165) is 16.7 Å². The van der Waals surface area contributed by atoms with E-state index >= 15 is 4.39 Å². The van der Waals surface area contributed by atoms with Crippen molar-refractivity contribution >= 4 is 0 Å². The Kier molecular flexibility index (Phi) is 8.58. The summed E-state index contributed by atoms with van der Waals surface area (Å²) < 4.78 is 39.6. The minimum Gasteiger partial charge on any atom is -0.459 e. The fourth-order valence-electron chi connectivity index (χ4n) is 4.62. The van der Waals surface area contributed by atoms with E-state index in [1.807, 2.05) is 97.9 Å². The van der Waals surface area contributed by atoms with Crippen LogP contribution in [0.5, 0.6) is 6.01 Å². The molecular formula is C31H31FN2O5. The van der Waals surface area contributed by atoms with Gasteiger partial charge >= 0.3 is 6.01 Å². The number of hydrogen-bond donors (Lipinski definition) is 1. The molecule has 4 aromatic rings. The molecule has 1 saturated heterocycles. The summed E-state index contributed by atoms with van der Waals surface area (Å²) in [6.07, 6.45) is -0.604. The molecule has 0 spiro atoms. The summed E-state index contributed by atoms with van der Waals surface area (Å²) in [5, 5.41) is 11.9. The van der Waals surface area contributed by atoms with E-state index in [2.05, 4.69) is 9.97 Å². The number of rotatable bonds is 11. The quantitative estimate of drug-likeness (QED) is 0.263. The second-order valence-electron chi connectivity index (χ2n) is 9.37. The highest BCUT2D eigenvalue weighted by Crippen LogP contribution is 2.43. The summed E-state index contributed by atoms with van der Waals surface area (Å²) in [4.78, 5) is 8.02. The summed E-state index contributed by atoms with van der Waals surface area (Å²) in [5.74, 6) is -3.14.